The van der Waals surface area contributed by atoms with Gasteiger partial charge in [-0.3, -0.25) is 0 Å². The van der Waals surface area contributed by atoms with Crippen LogP contribution in [0.2, 0.25) is 0 Å². The van der Waals surface area contributed by atoms with Crippen LogP contribution in [0.15, 0.2) is 24.3 Å². The Morgan fingerprint density at radius 3 is 2.00 bits per heavy atom. The fourth-order valence-corrected chi connectivity index (χ4v) is 0.378. The van der Waals surface area contributed by atoms with Gasteiger partial charge in [-0.15, -0.1) is 0 Å². The van der Waals surface area contributed by atoms with Gasteiger partial charge in [-0.1, -0.05) is 12.1 Å². The summed E-state index contributed by atoms with van der Waals surface area (Å²) in [6.07, 6.45) is 0. The number of hydrogen-bond acceptors (Lipinski definition) is 1. The predicted molar refractivity (Wildman–Crippen MR) is 36.9 cm³/mol. The number of hydrogen-bond donors (Lipinski definition) is 1. The molecule has 1 radical (unpaired) electrons. The van der Waals surface area contributed by atoms with E-state index in [1.165, 1.54) is 0 Å². The molecule has 0 aliphatic rings. The molecule has 0 unspecified atom stereocenters. The SMILES string of the molecule is Oc1cc[c]cc1.[BiH3]. The van der Waals surface area contributed by atoms with E-state index in [4.69, 9.17) is 5.11 Å². The van der Waals surface area contributed by atoms with Gasteiger partial charge in [0.25, 0.3) is 0 Å². The van der Waals surface area contributed by atoms with Crippen LogP contribution in [0.3, 0.4) is 0 Å². The molecule has 0 aliphatic carbocycles. The second kappa shape index (κ2) is 3.85. The average molecular weight is 305 g/mol. The Hall–Kier alpha value is -0.0969. The molecule has 0 heterocycles. The van der Waals surface area contributed by atoms with Crippen molar-refractivity contribution in [3.63, 3.8) is 0 Å². The Labute approximate surface area is 67.5 Å². The zero-order valence-electron chi connectivity index (χ0n) is 4.46. The van der Waals surface area contributed by atoms with Gasteiger partial charge < -0.3 is 5.11 Å². The van der Waals surface area contributed by atoms with Crippen LogP contribution in [0.5, 0.6) is 5.75 Å². The van der Waals surface area contributed by atoms with Crippen LogP contribution in [0.4, 0.5) is 0 Å². The first-order valence-corrected chi connectivity index (χ1v) is 2.04. The molecule has 0 amide bonds. The fourth-order valence-electron chi connectivity index (χ4n) is 0.378. The molecule has 1 rings (SSSR count). The van der Waals surface area contributed by atoms with Crippen molar-refractivity contribution in [1.82, 2.24) is 0 Å². The number of phenolic OH excluding ortho intramolecular Hbond substituents is 1. The summed E-state index contributed by atoms with van der Waals surface area (Å²) >= 11 is 0. The summed E-state index contributed by atoms with van der Waals surface area (Å²) in [4.78, 5) is 0. The molecule has 0 aliphatic heterocycles. The molecule has 1 N–H and O–H groups in total. The Morgan fingerprint density at radius 2 is 1.75 bits per heavy atom. The van der Waals surface area contributed by atoms with E-state index in [9.17, 15) is 0 Å². The third-order valence-electron chi connectivity index (χ3n) is 0.701. The third kappa shape index (κ3) is 2.27. The predicted octanol–water partition coefficient (Wildman–Crippen LogP) is 0.00849. The first kappa shape index (κ1) is 7.90. The first-order valence-electron chi connectivity index (χ1n) is 2.04. The summed E-state index contributed by atoms with van der Waals surface area (Å²) < 4.78 is 0. The van der Waals surface area contributed by atoms with E-state index in [1.807, 2.05) is 0 Å². The molecule has 1 aromatic rings. The van der Waals surface area contributed by atoms with Crippen molar-refractivity contribution in [3.05, 3.63) is 30.3 Å². The van der Waals surface area contributed by atoms with Crippen molar-refractivity contribution < 1.29 is 5.11 Å². The van der Waals surface area contributed by atoms with E-state index in [0.717, 1.165) is 0 Å². The molecule has 0 aromatic heterocycles. The number of aromatic hydroxyl groups is 1. The van der Waals surface area contributed by atoms with Crippen LogP contribution < -0.4 is 0 Å². The molecule has 1 nitrogen and oxygen atoms in total. The van der Waals surface area contributed by atoms with E-state index >= 15 is 0 Å². The maximum atomic E-state index is 8.61. The zero-order chi connectivity index (χ0) is 5.11. The topological polar surface area (TPSA) is 20.2 Å². The minimum absolute atomic E-state index is 0. The molecular weight excluding hydrogens is 297 g/mol. The van der Waals surface area contributed by atoms with E-state index < -0.39 is 0 Å². The summed E-state index contributed by atoms with van der Waals surface area (Å²) in [5.74, 6) is 0.291. The molecule has 43 valence electrons. The first-order chi connectivity index (χ1) is 3.39. The molecule has 0 atom stereocenters. The minimum atomic E-state index is 0. The summed E-state index contributed by atoms with van der Waals surface area (Å²) in [6.45, 7) is 0. The quantitative estimate of drug-likeness (QED) is 0.670. The van der Waals surface area contributed by atoms with Crippen LogP contribution in [-0.2, 0) is 0 Å². The molecular formula is C6H8BiO. The van der Waals surface area contributed by atoms with Crippen molar-refractivity contribution in [2.75, 3.05) is 0 Å². The van der Waals surface area contributed by atoms with Crippen molar-refractivity contribution in [1.29, 1.82) is 0 Å². The van der Waals surface area contributed by atoms with E-state index in [-0.39, 0.29) is 26.2 Å². The van der Waals surface area contributed by atoms with Gasteiger partial charge in [0.2, 0.25) is 0 Å². The summed E-state index contributed by atoms with van der Waals surface area (Å²) in [6, 6.07) is 9.26. The van der Waals surface area contributed by atoms with E-state index in [1.54, 1.807) is 24.3 Å². The van der Waals surface area contributed by atoms with Gasteiger partial charge in [0.1, 0.15) is 5.75 Å². The normalized spacial score (nSPS) is 7.50. The van der Waals surface area contributed by atoms with Crippen LogP contribution in [-0.4, -0.2) is 31.3 Å². The molecule has 0 fully saturated rings. The van der Waals surface area contributed by atoms with Crippen LogP contribution in [0.1, 0.15) is 0 Å². The van der Waals surface area contributed by atoms with Crippen LogP contribution in [0, 0.1) is 6.07 Å². The van der Waals surface area contributed by atoms with Gasteiger partial charge >= 0.3 is 26.2 Å². The maximum absolute atomic E-state index is 8.61. The summed E-state index contributed by atoms with van der Waals surface area (Å²) in [5.41, 5.74) is 0. The van der Waals surface area contributed by atoms with Gasteiger partial charge in [0, 0.05) is 0 Å². The average Bonchev–Trinajstić information content (AvgIpc) is 1.69. The van der Waals surface area contributed by atoms with E-state index in [2.05, 4.69) is 6.07 Å². The summed E-state index contributed by atoms with van der Waals surface area (Å²) in [5, 5.41) is 8.61. The molecule has 8 heavy (non-hydrogen) atoms. The Morgan fingerprint density at radius 1 is 1.25 bits per heavy atom. The van der Waals surface area contributed by atoms with Gasteiger partial charge in [-0.05, 0) is 18.2 Å². The van der Waals surface area contributed by atoms with Gasteiger partial charge in [-0.25, -0.2) is 0 Å². The van der Waals surface area contributed by atoms with Crippen molar-refractivity contribution >= 4 is 26.2 Å². The Kier molecular flexibility index (Phi) is 3.80. The van der Waals surface area contributed by atoms with Gasteiger partial charge in [-0.2, -0.15) is 0 Å². The molecule has 1 aromatic carbocycles. The van der Waals surface area contributed by atoms with Crippen molar-refractivity contribution in [3.8, 4) is 5.75 Å². The number of phenols is 1. The van der Waals surface area contributed by atoms with Gasteiger partial charge in [0.15, 0.2) is 0 Å². The molecule has 2 heteroatoms. The monoisotopic (exact) mass is 305 g/mol. The van der Waals surface area contributed by atoms with Crippen molar-refractivity contribution in [2.24, 2.45) is 0 Å². The second-order valence-electron chi connectivity index (χ2n) is 1.26. The number of rotatable bonds is 0. The second-order valence-corrected chi connectivity index (χ2v) is 1.26. The fraction of sp³-hybridized carbons (Fsp3) is 0. The molecule has 0 bridgehead atoms. The molecule has 0 spiro atoms. The van der Waals surface area contributed by atoms with Crippen molar-refractivity contribution in [2.45, 2.75) is 0 Å². The Balaban J connectivity index is 0.000000490. The van der Waals surface area contributed by atoms with Crippen LogP contribution >= 0.6 is 0 Å². The van der Waals surface area contributed by atoms with Crippen LogP contribution in [0.25, 0.3) is 0 Å². The van der Waals surface area contributed by atoms with Gasteiger partial charge in [0.05, 0.1) is 0 Å². The standard InChI is InChI=1S/C6H5O.Bi.3H/c7-6-4-2-1-3-5-6;;;;/h2-5,7H;;;;. The molecule has 0 saturated carbocycles. The van der Waals surface area contributed by atoms with E-state index in [0.29, 0.717) is 5.75 Å². The summed E-state index contributed by atoms with van der Waals surface area (Å²) in [7, 11) is 0. The zero-order valence-corrected chi connectivity index (χ0v) is 9.96. The Bertz CT molecular complexity index is 138. The number of benzene rings is 1. The third-order valence-corrected chi connectivity index (χ3v) is 0.701. The molecule has 0 saturated heterocycles.